The molecule has 1 saturated heterocycles. The highest BCUT2D eigenvalue weighted by molar-refractivity contribution is 5.81. The molecule has 1 aromatic carbocycles. The molecule has 0 radical (unpaired) electrons. The average Bonchev–Trinajstić information content (AvgIpc) is 3.34. The van der Waals surface area contributed by atoms with E-state index in [1.165, 1.54) is 0 Å². The summed E-state index contributed by atoms with van der Waals surface area (Å²) < 4.78 is 6.92. The van der Waals surface area contributed by atoms with Crippen LogP contribution in [0.4, 0.5) is 0 Å². The molecular weight excluding hydrogens is 282 g/mol. The number of piperazine rings is 1. The number of oxazole rings is 1. The molecule has 6 heteroatoms. The van der Waals surface area contributed by atoms with Gasteiger partial charge in [-0.3, -0.25) is 14.3 Å². The molecule has 2 fully saturated rings. The van der Waals surface area contributed by atoms with Crippen LogP contribution in [0.3, 0.4) is 0 Å². The van der Waals surface area contributed by atoms with Crippen molar-refractivity contribution in [1.29, 1.82) is 0 Å². The summed E-state index contributed by atoms with van der Waals surface area (Å²) in [5, 5.41) is 0. The van der Waals surface area contributed by atoms with E-state index in [0.29, 0.717) is 18.2 Å². The summed E-state index contributed by atoms with van der Waals surface area (Å²) >= 11 is 0. The van der Waals surface area contributed by atoms with Crippen LogP contribution in [0, 0.1) is 5.92 Å². The lowest BCUT2D eigenvalue weighted by atomic mass is 10.2. The zero-order valence-electron chi connectivity index (χ0n) is 12.4. The van der Waals surface area contributed by atoms with Crippen molar-refractivity contribution in [3.63, 3.8) is 0 Å². The molecule has 0 atom stereocenters. The highest BCUT2D eigenvalue weighted by Gasteiger charge is 2.34. The summed E-state index contributed by atoms with van der Waals surface area (Å²) in [5.74, 6) is 0.273. The first-order valence-corrected chi connectivity index (χ1v) is 7.82. The fourth-order valence-corrected chi connectivity index (χ4v) is 3.05. The van der Waals surface area contributed by atoms with Gasteiger partial charge < -0.3 is 9.32 Å². The maximum absolute atomic E-state index is 12.1. The van der Waals surface area contributed by atoms with Crippen LogP contribution < -0.4 is 5.76 Å². The number of hydrogen-bond donors (Lipinski definition) is 0. The summed E-state index contributed by atoms with van der Waals surface area (Å²) in [6.45, 7) is 3.61. The number of carbonyl (C=O) groups is 1. The van der Waals surface area contributed by atoms with Gasteiger partial charge in [0.2, 0.25) is 5.91 Å². The van der Waals surface area contributed by atoms with Crippen molar-refractivity contribution in [3.8, 4) is 0 Å². The Labute approximate surface area is 127 Å². The predicted molar refractivity (Wildman–Crippen MR) is 81.4 cm³/mol. The molecule has 6 nitrogen and oxygen atoms in total. The summed E-state index contributed by atoms with van der Waals surface area (Å²) in [4.78, 5) is 28.2. The van der Waals surface area contributed by atoms with Crippen LogP contribution in [0.5, 0.6) is 0 Å². The maximum Gasteiger partial charge on any atom is 0.421 e. The number of rotatable bonds is 3. The second-order valence-corrected chi connectivity index (χ2v) is 6.12. The van der Waals surface area contributed by atoms with Gasteiger partial charge in [0.15, 0.2) is 5.58 Å². The van der Waals surface area contributed by atoms with Gasteiger partial charge in [-0.15, -0.1) is 0 Å². The van der Waals surface area contributed by atoms with Crippen LogP contribution in [-0.2, 0) is 11.5 Å². The lowest BCUT2D eigenvalue weighted by Crippen LogP contribution is -2.49. The fourth-order valence-electron chi connectivity index (χ4n) is 3.05. The van der Waals surface area contributed by atoms with Crippen LogP contribution >= 0.6 is 0 Å². The van der Waals surface area contributed by atoms with Crippen molar-refractivity contribution in [3.05, 3.63) is 34.8 Å². The normalized spacial score (nSPS) is 19.7. The number of carbonyl (C=O) groups excluding carboxylic acids is 1. The Morgan fingerprint density at radius 1 is 1.14 bits per heavy atom. The lowest BCUT2D eigenvalue weighted by molar-refractivity contribution is -0.134. The summed E-state index contributed by atoms with van der Waals surface area (Å²) in [6, 6.07) is 7.46. The SMILES string of the molecule is O=C(C1CC1)N1CCN(Cn2c(=O)oc3ccccc32)CC1. The van der Waals surface area contributed by atoms with Gasteiger partial charge in [0.1, 0.15) is 0 Å². The maximum atomic E-state index is 12.1. The Kier molecular flexibility index (Phi) is 3.26. The molecule has 1 aliphatic carbocycles. The standard InChI is InChI=1S/C16H19N3O3/c20-15(12-5-6-12)18-9-7-17(8-10-18)11-19-13-3-1-2-4-14(13)22-16(19)21/h1-4,12H,5-11H2. The molecule has 1 amide bonds. The third-order valence-electron chi connectivity index (χ3n) is 4.53. The van der Waals surface area contributed by atoms with Gasteiger partial charge in [-0.05, 0) is 25.0 Å². The summed E-state index contributed by atoms with van der Waals surface area (Å²) in [7, 11) is 0. The number of amides is 1. The lowest BCUT2D eigenvalue weighted by Gasteiger charge is -2.34. The number of nitrogens with zero attached hydrogens (tertiary/aromatic N) is 3. The van der Waals surface area contributed by atoms with Gasteiger partial charge in [-0.25, -0.2) is 4.79 Å². The van der Waals surface area contributed by atoms with E-state index >= 15 is 0 Å². The minimum absolute atomic E-state index is 0.284. The van der Waals surface area contributed by atoms with E-state index < -0.39 is 0 Å². The molecule has 0 unspecified atom stereocenters. The molecule has 1 aliphatic heterocycles. The van der Waals surface area contributed by atoms with E-state index in [2.05, 4.69) is 4.90 Å². The van der Waals surface area contributed by atoms with Crippen molar-refractivity contribution in [1.82, 2.24) is 14.4 Å². The van der Waals surface area contributed by atoms with Crippen LogP contribution in [-0.4, -0.2) is 46.5 Å². The topological polar surface area (TPSA) is 58.7 Å². The first-order valence-electron chi connectivity index (χ1n) is 7.82. The molecule has 0 bridgehead atoms. The number of fused-ring (bicyclic) bond motifs is 1. The van der Waals surface area contributed by atoms with Gasteiger partial charge in [-0.1, -0.05) is 12.1 Å². The zero-order valence-corrected chi connectivity index (χ0v) is 12.4. The van der Waals surface area contributed by atoms with E-state index in [4.69, 9.17) is 4.42 Å². The monoisotopic (exact) mass is 301 g/mol. The molecule has 4 rings (SSSR count). The van der Waals surface area contributed by atoms with Gasteiger partial charge >= 0.3 is 5.76 Å². The van der Waals surface area contributed by atoms with E-state index in [9.17, 15) is 9.59 Å². The molecule has 0 N–H and O–H groups in total. The van der Waals surface area contributed by atoms with Crippen LogP contribution in [0.1, 0.15) is 12.8 Å². The van der Waals surface area contributed by atoms with Crippen molar-refractivity contribution in [2.75, 3.05) is 26.2 Å². The van der Waals surface area contributed by atoms with Gasteiger partial charge in [0.05, 0.1) is 12.2 Å². The zero-order chi connectivity index (χ0) is 15.1. The molecule has 0 spiro atoms. The second-order valence-electron chi connectivity index (χ2n) is 6.12. The quantitative estimate of drug-likeness (QED) is 0.852. The summed E-state index contributed by atoms with van der Waals surface area (Å²) in [5.41, 5.74) is 1.44. The Balaban J connectivity index is 1.44. The Hall–Kier alpha value is -2.08. The fraction of sp³-hybridized carbons (Fsp3) is 0.500. The highest BCUT2D eigenvalue weighted by Crippen LogP contribution is 2.31. The smallest absolute Gasteiger partial charge is 0.408 e. The number of hydrogen-bond acceptors (Lipinski definition) is 4. The van der Waals surface area contributed by atoms with Crippen LogP contribution in [0.2, 0.25) is 0 Å². The van der Waals surface area contributed by atoms with E-state index in [-0.39, 0.29) is 11.7 Å². The molecule has 2 aliphatic rings. The Morgan fingerprint density at radius 3 is 2.59 bits per heavy atom. The van der Waals surface area contributed by atoms with Crippen molar-refractivity contribution >= 4 is 17.0 Å². The van der Waals surface area contributed by atoms with Gasteiger partial charge in [-0.2, -0.15) is 0 Å². The third-order valence-corrected chi connectivity index (χ3v) is 4.53. The minimum atomic E-state index is -0.322. The largest absolute Gasteiger partial charge is 0.421 e. The van der Waals surface area contributed by atoms with E-state index in [1.54, 1.807) is 10.6 Å². The molecule has 1 saturated carbocycles. The Bertz CT molecular complexity index is 751. The second kappa shape index (κ2) is 5.28. The molecule has 22 heavy (non-hydrogen) atoms. The van der Waals surface area contributed by atoms with Crippen LogP contribution in [0.25, 0.3) is 11.1 Å². The molecule has 2 heterocycles. The third kappa shape index (κ3) is 2.43. The number of para-hydroxylation sites is 2. The van der Waals surface area contributed by atoms with E-state index in [0.717, 1.165) is 44.5 Å². The van der Waals surface area contributed by atoms with Gasteiger partial charge in [0.25, 0.3) is 0 Å². The van der Waals surface area contributed by atoms with Crippen molar-refractivity contribution in [2.24, 2.45) is 5.92 Å². The molecule has 2 aromatic rings. The predicted octanol–water partition coefficient (Wildman–Crippen LogP) is 1.11. The average molecular weight is 301 g/mol. The number of aromatic nitrogens is 1. The van der Waals surface area contributed by atoms with Crippen molar-refractivity contribution < 1.29 is 9.21 Å². The van der Waals surface area contributed by atoms with Crippen molar-refractivity contribution in [2.45, 2.75) is 19.5 Å². The van der Waals surface area contributed by atoms with Gasteiger partial charge in [0, 0.05) is 32.1 Å². The highest BCUT2D eigenvalue weighted by atomic mass is 16.4. The Morgan fingerprint density at radius 2 is 1.86 bits per heavy atom. The first kappa shape index (κ1) is 13.6. The molecule has 116 valence electrons. The molecule has 1 aromatic heterocycles. The first-order chi connectivity index (χ1) is 10.7. The summed E-state index contributed by atoms with van der Waals surface area (Å²) in [6.07, 6.45) is 2.10. The van der Waals surface area contributed by atoms with Crippen LogP contribution in [0.15, 0.2) is 33.5 Å². The minimum Gasteiger partial charge on any atom is -0.408 e. The molecular formula is C16H19N3O3. The number of benzene rings is 1. The van der Waals surface area contributed by atoms with E-state index in [1.807, 2.05) is 23.1 Å².